The van der Waals surface area contributed by atoms with Crippen molar-refractivity contribution in [3.05, 3.63) is 0 Å². The highest BCUT2D eigenvalue weighted by molar-refractivity contribution is 5.83. The van der Waals surface area contributed by atoms with Crippen LogP contribution in [0.5, 0.6) is 0 Å². The first kappa shape index (κ1) is 18.8. The number of rotatable bonds is 7. The molecule has 0 aromatic carbocycles. The van der Waals surface area contributed by atoms with Crippen LogP contribution in [0, 0.1) is 0 Å². The average molecular weight is 312 g/mol. The van der Waals surface area contributed by atoms with Gasteiger partial charge in [0.05, 0.1) is 0 Å². The van der Waals surface area contributed by atoms with Crippen molar-refractivity contribution in [3.63, 3.8) is 0 Å². The summed E-state index contributed by atoms with van der Waals surface area (Å²) in [6.45, 7) is 9.86. The number of carbonyl (C=O) groups is 2. The smallest absolute Gasteiger partial charge is 0.410 e. The topological polar surface area (TPSA) is 49.9 Å². The van der Waals surface area contributed by atoms with E-state index < -0.39 is 5.60 Å². The van der Waals surface area contributed by atoms with E-state index in [1.807, 2.05) is 25.7 Å². The van der Waals surface area contributed by atoms with E-state index >= 15 is 0 Å². The molecule has 0 bridgehead atoms. The van der Waals surface area contributed by atoms with Crippen LogP contribution in [0.2, 0.25) is 0 Å². The van der Waals surface area contributed by atoms with E-state index in [0.717, 1.165) is 13.0 Å². The standard InChI is InChI=1S/C17H32N2O3/c1-5-6-7-8-9-10-11-18-12-13-19(14-15(18)20)16(21)22-17(2,3)4/h5-14H2,1-4H3. The van der Waals surface area contributed by atoms with Crippen LogP contribution in [0.25, 0.3) is 0 Å². The van der Waals surface area contributed by atoms with Crippen molar-refractivity contribution in [1.29, 1.82) is 0 Å². The normalized spacial score (nSPS) is 16.1. The maximum Gasteiger partial charge on any atom is 0.410 e. The van der Waals surface area contributed by atoms with Crippen LogP contribution < -0.4 is 0 Å². The fourth-order valence-electron chi connectivity index (χ4n) is 2.51. The minimum absolute atomic E-state index is 0.0330. The minimum atomic E-state index is -0.518. The van der Waals surface area contributed by atoms with E-state index in [9.17, 15) is 9.59 Å². The van der Waals surface area contributed by atoms with E-state index in [0.29, 0.717) is 13.1 Å². The lowest BCUT2D eigenvalue weighted by Crippen LogP contribution is -2.53. The Morgan fingerprint density at radius 2 is 1.73 bits per heavy atom. The van der Waals surface area contributed by atoms with Gasteiger partial charge in [0, 0.05) is 19.6 Å². The third kappa shape index (κ3) is 7.14. The molecular formula is C17H32N2O3. The number of hydrogen-bond donors (Lipinski definition) is 0. The highest BCUT2D eigenvalue weighted by Gasteiger charge is 2.29. The molecule has 128 valence electrons. The van der Waals surface area contributed by atoms with Gasteiger partial charge in [-0.1, -0.05) is 39.0 Å². The van der Waals surface area contributed by atoms with E-state index in [-0.39, 0.29) is 18.5 Å². The highest BCUT2D eigenvalue weighted by Crippen LogP contribution is 2.13. The molecule has 0 atom stereocenters. The zero-order chi connectivity index (χ0) is 16.6. The van der Waals surface area contributed by atoms with Crippen LogP contribution >= 0.6 is 0 Å². The summed E-state index contributed by atoms with van der Waals surface area (Å²) < 4.78 is 5.31. The molecule has 5 nitrogen and oxygen atoms in total. The lowest BCUT2D eigenvalue weighted by Gasteiger charge is -2.35. The lowest BCUT2D eigenvalue weighted by atomic mass is 10.1. The molecule has 1 heterocycles. The summed E-state index contributed by atoms with van der Waals surface area (Å²) in [5, 5.41) is 0. The van der Waals surface area contributed by atoms with Crippen molar-refractivity contribution in [2.75, 3.05) is 26.2 Å². The largest absolute Gasteiger partial charge is 0.444 e. The Balaban J connectivity index is 2.25. The quantitative estimate of drug-likeness (QED) is 0.677. The molecule has 0 aromatic heterocycles. The van der Waals surface area contributed by atoms with E-state index in [1.165, 1.54) is 37.0 Å². The van der Waals surface area contributed by atoms with Gasteiger partial charge >= 0.3 is 6.09 Å². The first-order chi connectivity index (χ1) is 10.3. The minimum Gasteiger partial charge on any atom is -0.444 e. The molecular weight excluding hydrogens is 280 g/mol. The number of amides is 2. The summed E-state index contributed by atoms with van der Waals surface area (Å²) in [5.74, 6) is 0.0330. The van der Waals surface area contributed by atoms with Crippen molar-refractivity contribution >= 4 is 12.0 Å². The fraction of sp³-hybridized carbons (Fsp3) is 0.882. The molecule has 1 fully saturated rings. The zero-order valence-electron chi connectivity index (χ0n) is 14.7. The molecule has 1 aliphatic heterocycles. The van der Waals surface area contributed by atoms with Crippen LogP contribution in [-0.2, 0) is 9.53 Å². The van der Waals surface area contributed by atoms with Crippen LogP contribution in [-0.4, -0.2) is 53.6 Å². The van der Waals surface area contributed by atoms with Crippen molar-refractivity contribution in [3.8, 4) is 0 Å². The number of nitrogens with zero attached hydrogens (tertiary/aromatic N) is 2. The maximum absolute atomic E-state index is 12.1. The summed E-state index contributed by atoms with van der Waals surface area (Å²) in [4.78, 5) is 27.5. The van der Waals surface area contributed by atoms with Gasteiger partial charge in [-0.2, -0.15) is 0 Å². The summed E-state index contributed by atoms with van der Waals surface area (Å²) in [7, 11) is 0. The van der Waals surface area contributed by atoms with Crippen molar-refractivity contribution in [2.24, 2.45) is 0 Å². The Labute approximate surface area is 135 Å². The average Bonchev–Trinajstić information content (AvgIpc) is 2.42. The summed E-state index contributed by atoms with van der Waals surface area (Å²) in [6, 6.07) is 0. The number of piperazine rings is 1. The molecule has 0 radical (unpaired) electrons. The van der Waals surface area contributed by atoms with Crippen LogP contribution in [0.15, 0.2) is 0 Å². The summed E-state index contributed by atoms with van der Waals surface area (Å²) in [6.07, 6.45) is 6.94. The van der Waals surface area contributed by atoms with Crippen LogP contribution in [0.1, 0.15) is 66.2 Å². The second-order valence-corrected chi connectivity index (χ2v) is 7.05. The van der Waals surface area contributed by atoms with Gasteiger partial charge < -0.3 is 9.64 Å². The number of ether oxygens (including phenoxy) is 1. The van der Waals surface area contributed by atoms with Gasteiger partial charge in [-0.25, -0.2) is 4.79 Å². The molecule has 1 rings (SSSR count). The fourth-order valence-corrected chi connectivity index (χ4v) is 2.51. The van der Waals surface area contributed by atoms with Gasteiger partial charge in [0.25, 0.3) is 0 Å². The predicted molar refractivity (Wildman–Crippen MR) is 87.8 cm³/mol. The Hall–Kier alpha value is -1.26. The lowest BCUT2D eigenvalue weighted by molar-refractivity contribution is -0.135. The van der Waals surface area contributed by atoms with Gasteiger partial charge in [0.15, 0.2) is 0 Å². The maximum atomic E-state index is 12.1. The summed E-state index contributed by atoms with van der Waals surface area (Å²) in [5.41, 5.74) is -0.518. The molecule has 0 aromatic rings. The third-order valence-electron chi connectivity index (χ3n) is 3.75. The molecule has 0 N–H and O–H groups in total. The Morgan fingerprint density at radius 3 is 2.32 bits per heavy atom. The molecule has 0 aliphatic carbocycles. The number of hydrogen-bond acceptors (Lipinski definition) is 3. The van der Waals surface area contributed by atoms with Crippen molar-refractivity contribution in [2.45, 2.75) is 71.8 Å². The van der Waals surface area contributed by atoms with Crippen molar-refractivity contribution in [1.82, 2.24) is 9.80 Å². The molecule has 0 spiro atoms. The van der Waals surface area contributed by atoms with E-state index in [4.69, 9.17) is 4.74 Å². The number of carbonyl (C=O) groups excluding carboxylic acids is 2. The van der Waals surface area contributed by atoms with E-state index in [2.05, 4.69) is 6.92 Å². The van der Waals surface area contributed by atoms with Gasteiger partial charge in [-0.3, -0.25) is 9.69 Å². The Kier molecular flexibility index (Phi) is 7.69. The predicted octanol–water partition coefficient (Wildman–Crippen LogP) is 3.43. The monoisotopic (exact) mass is 312 g/mol. The van der Waals surface area contributed by atoms with E-state index in [1.54, 1.807) is 0 Å². The van der Waals surface area contributed by atoms with Gasteiger partial charge in [0.2, 0.25) is 5.91 Å². The van der Waals surface area contributed by atoms with Crippen molar-refractivity contribution < 1.29 is 14.3 Å². The molecule has 0 unspecified atom stereocenters. The molecule has 1 saturated heterocycles. The SMILES string of the molecule is CCCCCCCCN1CCN(C(=O)OC(C)(C)C)CC1=O. The molecule has 2 amide bonds. The zero-order valence-corrected chi connectivity index (χ0v) is 14.7. The Bertz CT molecular complexity index is 363. The van der Waals surface area contributed by atoms with Gasteiger partial charge in [-0.05, 0) is 27.2 Å². The first-order valence-corrected chi connectivity index (χ1v) is 8.59. The highest BCUT2D eigenvalue weighted by atomic mass is 16.6. The second kappa shape index (κ2) is 9.01. The second-order valence-electron chi connectivity index (χ2n) is 7.05. The molecule has 1 aliphatic rings. The molecule has 0 saturated carbocycles. The number of unbranched alkanes of at least 4 members (excludes halogenated alkanes) is 5. The third-order valence-corrected chi connectivity index (χ3v) is 3.75. The summed E-state index contributed by atoms with van der Waals surface area (Å²) >= 11 is 0. The molecule has 22 heavy (non-hydrogen) atoms. The van der Waals surface area contributed by atoms with Crippen LogP contribution in [0.3, 0.4) is 0 Å². The first-order valence-electron chi connectivity index (χ1n) is 8.59. The van der Waals surface area contributed by atoms with Gasteiger partial charge in [-0.15, -0.1) is 0 Å². The Morgan fingerprint density at radius 1 is 1.09 bits per heavy atom. The molecule has 5 heteroatoms. The van der Waals surface area contributed by atoms with Crippen LogP contribution in [0.4, 0.5) is 4.79 Å². The van der Waals surface area contributed by atoms with Gasteiger partial charge in [0.1, 0.15) is 12.1 Å².